The van der Waals surface area contributed by atoms with Crippen molar-refractivity contribution in [2.45, 2.75) is 17.4 Å². The Morgan fingerprint density at radius 1 is 1.50 bits per heavy atom. The van der Waals surface area contributed by atoms with Gasteiger partial charge in [-0.15, -0.1) is 0 Å². The lowest BCUT2D eigenvalue weighted by Crippen LogP contribution is -2.54. The van der Waals surface area contributed by atoms with Gasteiger partial charge >= 0.3 is 5.97 Å². The lowest BCUT2D eigenvalue weighted by atomic mass is 10.1. The third kappa shape index (κ3) is 2.15. The predicted molar refractivity (Wildman–Crippen MR) is 64.0 cm³/mol. The van der Waals surface area contributed by atoms with Crippen molar-refractivity contribution in [3.8, 4) is 0 Å². The molecule has 2 rings (SSSR count). The van der Waals surface area contributed by atoms with Gasteiger partial charge in [-0.2, -0.15) is 4.31 Å². The second kappa shape index (κ2) is 4.60. The van der Waals surface area contributed by atoms with Crippen molar-refractivity contribution in [2.24, 2.45) is 0 Å². The molecule has 1 aliphatic heterocycles. The number of carboxylic acids is 1. The lowest BCUT2D eigenvalue weighted by molar-refractivity contribution is -0.144. The summed E-state index contributed by atoms with van der Waals surface area (Å²) < 4.78 is 38.2. The SMILES string of the molecule is O=C(O)[C@@H]1CCN1S(=O)(=O)c1ccc(F)c(Br)c1. The lowest BCUT2D eigenvalue weighted by Gasteiger charge is -2.36. The highest BCUT2D eigenvalue weighted by atomic mass is 79.9. The minimum atomic E-state index is -3.88. The van der Waals surface area contributed by atoms with E-state index >= 15 is 0 Å². The zero-order valence-electron chi connectivity index (χ0n) is 9.01. The quantitative estimate of drug-likeness (QED) is 0.905. The molecule has 18 heavy (non-hydrogen) atoms. The Labute approximate surface area is 111 Å². The third-order valence-corrected chi connectivity index (χ3v) is 5.27. The van der Waals surface area contributed by atoms with E-state index in [0.29, 0.717) is 0 Å². The Morgan fingerprint density at radius 3 is 2.61 bits per heavy atom. The summed E-state index contributed by atoms with van der Waals surface area (Å²) in [5.41, 5.74) is 0. The second-order valence-electron chi connectivity index (χ2n) is 3.83. The molecular weight excluding hydrogens is 329 g/mol. The summed E-state index contributed by atoms with van der Waals surface area (Å²) in [4.78, 5) is 10.7. The maximum absolute atomic E-state index is 13.0. The Morgan fingerprint density at radius 2 is 2.17 bits per heavy atom. The monoisotopic (exact) mass is 337 g/mol. The highest BCUT2D eigenvalue weighted by molar-refractivity contribution is 9.10. The van der Waals surface area contributed by atoms with Crippen LogP contribution in [0.1, 0.15) is 6.42 Å². The average Bonchev–Trinajstić information content (AvgIpc) is 2.18. The molecule has 0 bridgehead atoms. The number of nitrogens with zero attached hydrogens (tertiary/aromatic N) is 1. The summed E-state index contributed by atoms with van der Waals surface area (Å²) in [5, 5.41) is 8.84. The molecule has 1 fully saturated rings. The third-order valence-electron chi connectivity index (χ3n) is 2.75. The van der Waals surface area contributed by atoms with Crippen LogP contribution >= 0.6 is 15.9 Å². The fraction of sp³-hybridized carbons (Fsp3) is 0.300. The van der Waals surface area contributed by atoms with Gasteiger partial charge < -0.3 is 5.11 Å². The van der Waals surface area contributed by atoms with Crippen molar-refractivity contribution < 1.29 is 22.7 Å². The van der Waals surface area contributed by atoms with Gasteiger partial charge in [-0.25, -0.2) is 12.8 Å². The van der Waals surface area contributed by atoms with Gasteiger partial charge in [0, 0.05) is 6.54 Å². The van der Waals surface area contributed by atoms with Gasteiger partial charge in [-0.05, 0) is 40.5 Å². The van der Waals surface area contributed by atoms with Gasteiger partial charge in [0.05, 0.1) is 9.37 Å². The van der Waals surface area contributed by atoms with Crippen molar-refractivity contribution in [1.82, 2.24) is 4.31 Å². The molecule has 1 aromatic carbocycles. The number of aliphatic carboxylic acids is 1. The van der Waals surface area contributed by atoms with E-state index in [1.165, 1.54) is 0 Å². The molecule has 1 heterocycles. The van der Waals surface area contributed by atoms with Crippen molar-refractivity contribution >= 4 is 31.9 Å². The zero-order chi connectivity index (χ0) is 13.5. The largest absolute Gasteiger partial charge is 0.480 e. The van der Waals surface area contributed by atoms with Crippen LogP contribution in [0.15, 0.2) is 27.6 Å². The number of hydrogen-bond acceptors (Lipinski definition) is 3. The van der Waals surface area contributed by atoms with Crippen molar-refractivity contribution in [1.29, 1.82) is 0 Å². The van der Waals surface area contributed by atoms with Crippen LogP contribution in [0.2, 0.25) is 0 Å². The summed E-state index contributed by atoms with van der Waals surface area (Å²) in [6.07, 6.45) is 0.289. The molecule has 0 aliphatic carbocycles. The number of sulfonamides is 1. The molecule has 0 radical (unpaired) electrons. The maximum atomic E-state index is 13.0. The van der Waals surface area contributed by atoms with E-state index in [1.54, 1.807) is 0 Å². The Kier molecular flexibility index (Phi) is 3.43. The number of carboxylic acid groups (broad SMARTS) is 1. The van der Waals surface area contributed by atoms with E-state index < -0.39 is 27.9 Å². The number of carbonyl (C=O) groups is 1. The van der Waals surface area contributed by atoms with Crippen LogP contribution in [0, 0.1) is 5.82 Å². The number of rotatable bonds is 3. The number of benzene rings is 1. The first-order valence-electron chi connectivity index (χ1n) is 5.04. The van der Waals surface area contributed by atoms with Crippen LogP contribution in [-0.2, 0) is 14.8 Å². The first kappa shape index (κ1) is 13.4. The van der Waals surface area contributed by atoms with Gasteiger partial charge in [-0.1, -0.05) is 0 Å². The second-order valence-corrected chi connectivity index (χ2v) is 6.58. The van der Waals surface area contributed by atoms with Crippen LogP contribution in [0.3, 0.4) is 0 Å². The molecule has 5 nitrogen and oxygen atoms in total. The summed E-state index contributed by atoms with van der Waals surface area (Å²) in [7, 11) is -3.88. The molecule has 0 saturated carbocycles. The molecule has 1 atom stereocenters. The first-order chi connectivity index (χ1) is 8.34. The van der Waals surface area contributed by atoms with E-state index in [1.807, 2.05) is 0 Å². The van der Waals surface area contributed by atoms with Crippen LogP contribution in [0.25, 0.3) is 0 Å². The molecule has 1 saturated heterocycles. The average molecular weight is 338 g/mol. The molecule has 1 N–H and O–H groups in total. The van der Waals surface area contributed by atoms with E-state index in [-0.39, 0.29) is 22.3 Å². The van der Waals surface area contributed by atoms with Crippen LogP contribution in [-0.4, -0.2) is 36.4 Å². The number of halogens is 2. The highest BCUT2D eigenvalue weighted by Crippen LogP contribution is 2.29. The molecular formula is C10H9BrFNO4S. The molecule has 98 valence electrons. The molecule has 1 aliphatic rings. The van der Waals surface area contributed by atoms with E-state index in [2.05, 4.69) is 15.9 Å². The Bertz CT molecular complexity index is 604. The fourth-order valence-corrected chi connectivity index (χ4v) is 3.85. The fourth-order valence-electron chi connectivity index (χ4n) is 1.67. The van der Waals surface area contributed by atoms with Crippen molar-refractivity contribution in [3.63, 3.8) is 0 Å². The minimum Gasteiger partial charge on any atom is -0.480 e. The van der Waals surface area contributed by atoms with Crippen molar-refractivity contribution in [3.05, 3.63) is 28.5 Å². The highest BCUT2D eigenvalue weighted by Gasteiger charge is 2.42. The van der Waals surface area contributed by atoms with E-state index in [0.717, 1.165) is 22.5 Å². The van der Waals surface area contributed by atoms with Crippen LogP contribution in [0.4, 0.5) is 4.39 Å². The molecule has 8 heteroatoms. The summed E-state index contributed by atoms with van der Waals surface area (Å²) in [6, 6.07) is 2.24. The predicted octanol–water partition coefficient (Wildman–Crippen LogP) is 1.44. The van der Waals surface area contributed by atoms with E-state index in [9.17, 15) is 17.6 Å². The van der Waals surface area contributed by atoms with Crippen molar-refractivity contribution in [2.75, 3.05) is 6.54 Å². The van der Waals surface area contributed by atoms with Gasteiger partial charge in [0.1, 0.15) is 11.9 Å². The van der Waals surface area contributed by atoms with Gasteiger partial charge in [0.2, 0.25) is 10.0 Å². The summed E-state index contributed by atoms with van der Waals surface area (Å²) >= 11 is 2.90. The Balaban J connectivity index is 2.37. The maximum Gasteiger partial charge on any atom is 0.322 e. The topological polar surface area (TPSA) is 74.7 Å². The summed E-state index contributed by atoms with van der Waals surface area (Å²) in [6.45, 7) is 0.161. The molecule has 0 aromatic heterocycles. The van der Waals surface area contributed by atoms with E-state index in [4.69, 9.17) is 5.11 Å². The molecule has 0 spiro atoms. The van der Waals surface area contributed by atoms with Gasteiger partial charge in [-0.3, -0.25) is 4.79 Å². The standard InChI is InChI=1S/C10H9BrFNO4S/c11-7-5-6(1-2-8(7)12)18(16,17)13-4-3-9(13)10(14)15/h1-2,5,9H,3-4H2,(H,14,15)/t9-/m0/s1. The van der Waals surface area contributed by atoms with Crippen LogP contribution in [0.5, 0.6) is 0 Å². The zero-order valence-corrected chi connectivity index (χ0v) is 11.4. The smallest absolute Gasteiger partial charge is 0.322 e. The van der Waals surface area contributed by atoms with Gasteiger partial charge in [0.25, 0.3) is 0 Å². The van der Waals surface area contributed by atoms with Crippen LogP contribution < -0.4 is 0 Å². The Hall–Kier alpha value is -0.990. The van der Waals surface area contributed by atoms with Gasteiger partial charge in [0.15, 0.2) is 0 Å². The number of hydrogen-bond donors (Lipinski definition) is 1. The molecule has 0 amide bonds. The minimum absolute atomic E-state index is 0.0240. The summed E-state index contributed by atoms with van der Waals surface area (Å²) in [5.74, 6) is -1.75. The molecule has 1 aromatic rings. The first-order valence-corrected chi connectivity index (χ1v) is 7.27. The molecule has 0 unspecified atom stereocenters. The normalized spacial score (nSPS) is 20.4.